The Kier molecular flexibility index (Phi) is 2.95. The van der Waals surface area contributed by atoms with Gasteiger partial charge in [0.2, 0.25) is 5.91 Å². The van der Waals surface area contributed by atoms with E-state index in [4.69, 9.17) is 11.6 Å². The summed E-state index contributed by atoms with van der Waals surface area (Å²) >= 11 is 6.07. The average Bonchev–Trinajstić information content (AvgIpc) is 2.42. The highest BCUT2D eigenvalue weighted by atomic mass is 35.5. The molecule has 1 heterocycles. The van der Waals surface area contributed by atoms with Gasteiger partial charge in [-0.25, -0.2) is 5.01 Å². The Balaban J connectivity index is 1.94. The van der Waals surface area contributed by atoms with E-state index in [-0.39, 0.29) is 11.3 Å². The number of alkyl halides is 1. The summed E-state index contributed by atoms with van der Waals surface area (Å²) in [4.78, 5) is 11.6. The van der Waals surface area contributed by atoms with E-state index in [2.05, 4.69) is 10.4 Å². The van der Waals surface area contributed by atoms with Crippen LogP contribution in [0.4, 0.5) is 0 Å². The molecule has 15 heavy (non-hydrogen) atoms. The summed E-state index contributed by atoms with van der Waals surface area (Å²) < 4.78 is 0. The molecule has 4 heteroatoms. The Morgan fingerprint density at radius 2 is 1.93 bits per heavy atom. The quantitative estimate of drug-likeness (QED) is 0.698. The molecule has 1 aliphatic carbocycles. The van der Waals surface area contributed by atoms with Crippen LogP contribution < -0.4 is 5.43 Å². The highest BCUT2D eigenvalue weighted by molar-refractivity contribution is 6.20. The van der Waals surface area contributed by atoms with Crippen LogP contribution >= 0.6 is 11.6 Å². The fourth-order valence-corrected chi connectivity index (χ4v) is 2.64. The Morgan fingerprint density at radius 3 is 2.40 bits per heavy atom. The van der Waals surface area contributed by atoms with Crippen molar-refractivity contribution in [2.45, 2.75) is 50.9 Å². The van der Waals surface area contributed by atoms with Gasteiger partial charge >= 0.3 is 0 Å². The minimum Gasteiger partial charge on any atom is -0.288 e. The van der Waals surface area contributed by atoms with Gasteiger partial charge in [-0.15, -0.1) is 11.6 Å². The molecule has 0 aromatic rings. The SMILES string of the molecule is CC1(C)CN(C2CCC(Cl)CC2)NC1=O. The van der Waals surface area contributed by atoms with Crippen LogP contribution in [0.2, 0.25) is 0 Å². The Bertz CT molecular complexity index is 259. The molecule has 1 saturated carbocycles. The molecule has 2 rings (SSSR count). The molecule has 0 aromatic heterocycles. The van der Waals surface area contributed by atoms with Gasteiger partial charge in [-0.05, 0) is 39.5 Å². The molecule has 0 radical (unpaired) electrons. The first kappa shape index (κ1) is 11.2. The second-order valence-electron chi connectivity index (χ2n) is 5.36. The Morgan fingerprint density at radius 1 is 1.33 bits per heavy atom. The van der Waals surface area contributed by atoms with Gasteiger partial charge in [0.1, 0.15) is 0 Å². The maximum absolute atomic E-state index is 11.6. The molecule has 1 aliphatic heterocycles. The van der Waals surface area contributed by atoms with Gasteiger partial charge < -0.3 is 0 Å². The zero-order chi connectivity index (χ0) is 11.1. The number of hydrogen-bond donors (Lipinski definition) is 1. The molecule has 0 unspecified atom stereocenters. The molecule has 0 bridgehead atoms. The minimum atomic E-state index is -0.238. The topological polar surface area (TPSA) is 32.3 Å². The lowest BCUT2D eigenvalue weighted by Gasteiger charge is -2.32. The largest absolute Gasteiger partial charge is 0.288 e. The van der Waals surface area contributed by atoms with Crippen molar-refractivity contribution in [1.29, 1.82) is 0 Å². The van der Waals surface area contributed by atoms with Crippen molar-refractivity contribution in [3.8, 4) is 0 Å². The fourth-order valence-electron chi connectivity index (χ4n) is 2.39. The van der Waals surface area contributed by atoms with E-state index >= 15 is 0 Å². The van der Waals surface area contributed by atoms with Gasteiger partial charge in [-0.1, -0.05) is 0 Å². The van der Waals surface area contributed by atoms with E-state index < -0.39 is 0 Å². The number of amides is 1. The second-order valence-corrected chi connectivity index (χ2v) is 5.98. The van der Waals surface area contributed by atoms with Crippen molar-refractivity contribution in [3.05, 3.63) is 0 Å². The molecule has 2 fully saturated rings. The van der Waals surface area contributed by atoms with Gasteiger partial charge in [0.25, 0.3) is 0 Å². The van der Waals surface area contributed by atoms with E-state index in [0.29, 0.717) is 11.4 Å². The van der Waals surface area contributed by atoms with Gasteiger partial charge in [0.05, 0.1) is 5.41 Å². The number of hydrazine groups is 1. The fraction of sp³-hybridized carbons (Fsp3) is 0.909. The van der Waals surface area contributed by atoms with E-state index in [9.17, 15) is 4.79 Å². The van der Waals surface area contributed by atoms with E-state index in [0.717, 1.165) is 32.2 Å². The van der Waals surface area contributed by atoms with Crippen molar-refractivity contribution >= 4 is 17.5 Å². The van der Waals surface area contributed by atoms with Crippen LogP contribution in [0.25, 0.3) is 0 Å². The Hall–Kier alpha value is -0.280. The normalized spacial score (nSPS) is 36.6. The molecule has 0 spiro atoms. The van der Waals surface area contributed by atoms with Crippen LogP contribution in [0.5, 0.6) is 0 Å². The van der Waals surface area contributed by atoms with Crippen molar-refractivity contribution < 1.29 is 4.79 Å². The van der Waals surface area contributed by atoms with Crippen LogP contribution in [0.3, 0.4) is 0 Å². The molecule has 1 saturated heterocycles. The lowest BCUT2D eigenvalue weighted by atomic mass is 9.91. The molecule has 1 amide bonds. The summed E-state index contributed by atoms with van der Waals surface area (Å²) in [6.45, 7) is 4.81. The van der Waals surface area contributed by atoms with Crippen LogP contribution in [0, 0.1) is 5.41 Å². The third-order valence-electron chi connectivity index (χ3n) is 3.49. The van der Waals surface area contributed by atoms with Gasteiger partial charge in [-0.2, -0.15) is 0 Å². The summed E-state index contributed by atoms with van der Waals surface area (Å²) in [5, 5.41) is 2.46. The molecule has 1 N–H and O–H groups in total. The summed E-state index contributed by atoms with van der Waals surface area (Å²) in [7, 11) is 0. The van der Waals surface area contributed by atoms with Gasteiger partial charge in [-0.3, -0.25) is 10.2 Å². The summed E-state index contributed by atoms with van der Waals surface area (Å²) in [5.41, 5.74) is 2.74. The van der Waals surface area contributed by atoms with E-state index in [1.165, 1.54) is 0 Å². The van der Waals surface area contributed by atoms with Gasteiger partial charge in [0, 0.05) is 18.0 Å². The summed E-state index contributed by atoms with van der Waals surface area (Å²) in [6, 6.07) is 0.491. The van der Waals surface area contributed by atoms with Crippen molar-refractivity contribution in [3.63, 3.8) is 0 Å². The molecule has 86 valence electrons. The number of carbonyl (C=O) groups excluding carboxylic acids is 1. The first-order valence-electron chi connectivity index (χ1n) is 5.71. The second kappa shape index (κ2) is 3.95. The molecular weight excluding hydrogens is 212 g/mol. The smallest absolute Gasteiger partial charge is 0.241 e. The van der Waals surface area contributed by atoms with Gasteiger partial charge in [0.15, 0.2) is 0 Å². The number of nitrogens with zero attached hydrogens (tertiary/aromatic N) is 1. The zero-order valence-electron chi connectivity index (χ0n) is 9.42. The van der Waals surface area contributed by atoms with Crippen LogP contribution in [0.1, 0.15) is 39.5 Å². The summed E-state index contributed by atoms with van der Waals surface area (Å²) in [6.07, 6.45) is 4.34. The highest BCUT2D eigenvalue weighted by Crippen LogP contribution is 2.30. The minimum absolute atomic E-state index is 0.149. The first-order chi connectivity index (χ1) is 6.99. The monoisotopic (exact) mass is 230 g/mol. The maximum Gasteiger partial charge on any atom is 0.241 e. The predicted octanol–water partition coefficient (Wildman–Crippen LogP) is 1.91. The average molecular weight is 231 g/mol. The number of rotatable bonds is 1. The standard InChI is InChI=1S/C11H19ClN2O/c1-11(2)7-14(13-10(11)15)9-5-3-8(12)4-6-9/h8-9H,3-7H2,1-2H3,(H,13,15). The molecule has 0 aromatic carbocycles. The third kappa shape index (κ3) is 2.28. The van der Waals surface area contributed by atoms with Crippen molar-refractivity contribution in [2.75, 3.05) is 6.54 Å². The van der Waals surface area contributed by atoms with E-state index in [1.54, 1.807) is 0 Å². The zero-order valence-corrected chi connectivity index (χ0v) is 10.2. The molecule has 3 nitrogen and oxygen atoms in total. The Labute approximate surface area is 96.1 Å². The lowest BCUT2D eigenvalue weighted by molar-refractivity contribution is -0.127. The van der Waals surface area contributed by atoms with E-state index in [1.807, 2.05) is 13.8 Å². The lowest BCUT2D eigenvalue weighted by Crippen LogP contribution is -2.43. The molecule has 0 atom stereocenters. The number of halogens is 1. The summed E-state index contributed by atoms with van der Waals surface area (Å²) in [5.74, 6) is 0.149. The third-order valence-corrected chi connectivity index (χ3v) is 3.93. The van der Waals surface area contributed by atoms with Crippen LogP contribution in [-0.2, 0) is 4.79 Å². The van der Waals surface area contributed by atoms with Crippen LogP contribution in [0.15, 0.2) is 0 Å². The molecular formula is C11H19ClN2O. The maximum atomic E-state index is 11.6. The van der Waals surface area contributed by atoms with Crippen LogP contribution in [-0.4, -0.2) is 28.9 Å². The number of nitrogens with one attached hydrogen (secondary N) is 1. The molecule has 2 aliphatic rings. The number of carbonyl (C=O) groups is 1. The first-order valence-corrected chi connectivity index (χ1v) is 6.14. The highest BCUT2D eigenvalue weighted by Gasteiger charge is 2.41. The number of hydrogen-bond acceptors (Lipinski definition) is 2. The van der Waals surface area contributed by atoms with Crippen molar-refractivity contribution in [1.82, 2.24) is 10.4 Å². The van der Waals surface area contributed by atoms with Crippen molar-refractivity contribution in [2.24, 2.45) is 5.41 Å². The predicted molar refractivity (Wildman–Crippen MR) is 60.5 cm³/mol.